The van der Waals surface area contributed by atoms with Crippen LogP contribution in [0.3, 0.4) is 0 Å². The maximum atomic E-state index is 3.92. The minimum absolute atomic E-state index is 0.264. The molecule has 2 aliphatic carbocycles. The highest BCUT2D eigenvalue weighted by Gasteiger charge is 2.45. The van der Waals surface area contributed by atoms with E-state index in [0.29, 0.717) is 5.41 Å². The van der Waals surface area contributed by atoms with Gasteiger partial charge in [0.25, 0.3) is 0 Å². The van der Waals surface area contributed by atoms with Gasteiger partial charge in [0.1, 0.15) is 0 Å². The number of allylic oxidation sites excluding steroid dienone is 7. The van der Waals surface area contributed by atoms with Crippen molar-refractivity contribution in [3.8, 4) is 0 Å². The van der Waals surface area contributed by atoms with Crippen LogP contribution in [0.25, 0.3) is 0 Å². The Morgan fingerprint density at radius 2 is 1.70 bits per heavy atom. The fourth-order valence-electron chi connectivity index (χ4n) is 4.71. The van der Waals surface area contributed by atoms with Gasteiger partial charge in [-0.1, -0.05) is 117 Å². The normalized spacial score (nSPS) is 26.1. The van der Waals surface area contributed by atoms with Crippen LogP contribution in [-0.4, -0.2) is 0 Å². The number of hydrogen-bond acceptors (Lipinski definition) is 0. The van der Waals surface area contributed by atoms with Crippen molar-refractivity contribution < 1.29 is 0 Å². The highest BCUT2D eigenvalue weighted by molar-refractivity contribution is 5.36. The van der Waals surface area contributed by atoms with E-state index in [-0.39, 0.29) is 5.41 Å². The summed E-state index contributed by atoms with van der Waals surface area (Å²) in [6, 6.07) is 0. The number of rotatable bonds is 3. The molecule has 1 saturated carbocycles. The molecule has 0 spiro atoms. The Kier molecular flexibility index (Phi) is 15.6. The number of hydrogen-bond donors (Lipinski definition) is 0. The van der Waals surface area contributed by atoms with Crippen molar-refractivity contribution in [2.24, 2.45) is 16.7 Å². The second kappa shape index (κ2) is 14.9. The predicted molar refractivity (Wildman–Crippen MR) is 128 cm³/mol. The van der Waals surface area contributed by atoms with E-state index in [4.69, 9.17) is 0 Å². The summed E-state index contributed by atoms with van der Waals surface area (Å²) in [6.07, 6.45) is 18.7. The Morgan fingerprint density at radius 1 is 1.15 bits per heavy atom. The first-order valence-electron chi connectivity index (χ1n) is 11.5. The van der Waals surface area contributed by atoms with Crippen LogP contribution in [0.4, 0.5) is 0 Å². The molecule has 158 valence electrons. The van der Waals surface area contributed by atoms with E-state index in [0.717, 1.165) is 5.92 Å². The Morgan fingerprint density at radius 3 is 2.11 bits per heavy atom. The first kappa shape index (κ1) is 28.2. The van der Waals surface area contributed by atoms with Crippen LogP contribution in [0, 0.1) is 16.7 Å². The lowest BCUT2D eigenvalue weighted by atomic mass is 9.54. The second-order valence-corrected chi connectivity index (χ2v) is 8.39. The molecule has 0 heterocycles. The molecule has 2 rings (SSSR count). The van der Waals surface area contributed by atoms with Gasteiger partial charge in [0.05, 0.1) is 0 Å². The average Bonchev–Trinajstić information content (AvgIpc) is 2.65. The molecule has 0 N–H and O–H groups in total. The predicted octanol–water partition coefficient (Wildman–Crippen LogP) is 9.70. The lowest BCUT2D eigenvalue weighted by molar-refractivity contribution is 0.0964. The quantitative estimate of drug-likeness (QED) is 0.431. The Bertz CT molecular complexity index is 472. The van der Waals surface area contributed by atoms with Crippen molar-refractivity contribution in [1.29, 1.82) is 0 Å². The monoisotopic (exact) mass is 374 g/mol. The highest BCUT2D eigenvalue weighted by atomic mass is 14.5. The molecular weight excluding hydrogens is 324 g/mol. The Hall–Kier alpha value is -1.04. The van der Waals surface area contributed by atoms with Crippen molar-refractivity contribution in [2.45, 2.75) is 108 Å². The van der Waals surface area contributed by atoms with Gasteiger partial charge in [0.2, 0.25) is 0 Å². The third kappa shape index (κ3) is 9.13. The zero-order chi connectivity index (χ0) is 21.5. The van der Waals surface area contributed by atoms with Gasteiger partial charge in [-0.3, -0.25) is 0 Å². The molecule has 0 heteroatoms. The van der Waals surface area contributed by atoms with Crippen LogP contribution in [0.15, 0.2) is 48.1 Å². The van der Waals surface area contributed by atoms with Crippen LogP contribution in [0.5, 0.6) is 0 Å². The maximum Gasteiger partial charge on any atom is 0.0132 e. The summed E-state index contributed by atoms with van der Waals surface area (Å²) in [5, 5.41) is 0. The van der Waals surface area contributed by atoms with Gasteiger partial charge in [-0.05, 0) is 50.4 Å². The third-order valence-electron chi connectivity index (χ3n) is 5.13. The highest BCUT2D eigenvalue weighted by Crippen LogP contribution is 2.57. The summed E-state index contributed by atoms with van der Waals surface area (Å²) < 4.78 is 0. The molecule has 2 atom stereocenters. The van der Waals surface area contributed by atoms with Crippen LogP contribution >= 0.6 is 0 Å². The largest absolute Gasteiger partial charge is 0.0991 e. The van der Waals surface area contributed by atoms with Crippen LogP contribution in [0.1, 0.15) is 108 Å². The van der Waals surface area contributed by atoms with Gasteiger partial charge in [-0.25, -0.2) is 0 Å². The molecule has 0 aromatic rings. The molecule has 0 bridgehead atoms. The first-order valence-corrected chi connectivity index (χ1v) is 11.5. The zero-order valence-electron chi connectivity index (χ0n) is 20.4. The third-order valence-corrected chi connectivity index (χ3v) is 5.13. The van der Waals surface area contributed by atoms with E-state index in [1.165, 1.54) is 44.1 Å². The molecule has 2 aliphatic rings. The summed E-state index contributed by atoms with van der Waals surface area (Å²) >= 11 is 0. The fourth-order valence-corrected chi connectivity index (χ4v) is 4.71. The van der Waals surface area contributed by atoms with Crippen LogP contribution in [-0.2, 0) is 0 Å². The van der Waals surface area contributed by atoms with Gasteiger partial charge in [-0.15, -0.1) is 0 Å². The molecule has 1 fully saturated rings. The van der Waals surface area contributed by atoms with Crippen molar-refractivity contribution in [3.63, 3.8) is 0 Å². The van der Waals surface area contributed by atoms with E-state index in [2.05, 4.69) is 72.4 Å². The van der Waals surface area contributed by atoms with Crippen LogP contribution < -0.4 is 0 Å². The molecule has 0 saturated heterocycles. The smallest absolute Gasteiger partial charge is 0.0132 e. The topological polar surface area (TPSA) is 0 Å². The van der Waals surface area contributed by atoms with Gasteiger partial charge in [0.15, 0.2) is 0 Å². The molecule has 0 aliphatic heterocycles. The molecule has 0 nitrogen and oxygen atoms in total. The van der Waals surface area contributed by atoms with Crippen molar-refractivity contribution in [3.05, 3.63) is 48.1 Å². The summed E-state index contributed by atoms with van der Waals surface area (Å²) in [4.78, 5) is 0. The Labute approximate surface area is 172 Å². The minimum atomic E-state index is 0.264. The molecular formula is C27H50. The van der Waals surface area contributed by atoms with Gasteiger partial charge in [0, 0.05) is 5.41 Å². The molecule has 0 aromatic heterocycles. The second-order valence-electron chi connectivity index (χ2n) is 8.39. The fraction of sp³-hybridized carbons (Fsp3) is 0.704. The average molecular weight is 375 g/mol. The first-order chi connectivity index (χ1) is 12.8. The lowest BCUT2D eigenvalue weighted by Crippen LogP contribution is -2.39. The van der Waals surface area contributed by atoms with Gasteiger partial charge >= 0.3 is 0 Å². The van der Waals surface area contributed by atoms with Gasteiger partial charge < -0.3 is 0 Å². The molecule has 0 aromatic carbocycles. The SMILES string of the molecule is C=C/C=C(\C)C1(C2=CC=CCC2)CC(C)CC(C)(C)C1.CC.CC.CCC. The minimum Gasteiger partial charge on any atom is -0.0991 e. The summed E-state index contributed by atoms with van der Waals surface area (Å²) in [7, 11) is 0. The standard InChI is InChI=1S/C20H30.C3H8.2C2H6/c1-6-10-17(3)20(18-11-8-7-9-12-18)14-16(2)13-19(4,5)15-20;1-3-2;2*1-2/h6-8,10-11,16H,1,9,12-15H2,2-5H3;3H2,1-2H3;2*1-2H3/b17-10+;;;. The maximum absolute atomic E-state index is 3.92. The lowest BCUT2D eigenvalue weighted by Gasteiger charge is -2.50. The van der Waals surface area contributed by atoms with Crippen molar-refractivity contribution >= 4 is 0 Å². The zero-order valence-corrected chi connectivity index (χ0v) is 20.4. The van der Waals surface area contributed by atoms with Crippen molar-refractivity contribution in [2.75, 3.05) is 0 Å². The van der Waals surface area contributed by atoms with Crippen molar-refractivity contribution in [1.82, 2.24) is 0 Å². The summed E-state index contributed by atoms with van der Waals surface area (Å²) in [5.41, 5.74) is 3.85. The Balaban J connectivity index is 0. The summed E-state index contributed by atoms with van der Waals surface area (Å²) in [5.74, 6) is 0.790. The van der Waals surface area contributed by atoms with Crippen LogP contribution in [0.2, 0.25) is 0 Å². The molecule has 0 radical (unpaired) electrons. The molecule has 2 unspecified atom stereocenters. The van der Waals surface area contributed by atoms with E-state index < -0.39 is 0 Å². The van der Waals surface area contributed by atoms with Gasteiger partial charge in [-0.2, -0.15) is 0 Å². The van der Waals surface area contributed by atoms with E-state index >= 15 is 0 Å². The van der Waals surface area contributed by atoms with E-state index in [9.17, 15) is 0 Å². The molecule has 27 heavy (non-hydrogen) atoms. The van der Waals surface area contributed by atoms with E-state index in [1.807, 2.05) is 33.8 Å². The summed E-state index contributed by atoms with van der Waals surface area (Å²) in [6.45, 7) is 25.8. The molecule has 0 amide bonds. The van der Waals surface area contributed by atoms with E-state index in [1.54, 1.807) is 5.57 Å².